The van der Waals surface area contributed by atoms with E-state index in [2.05, 4.69) is 10.4 Å². The second-order valence-electron chi connectivity index (χ2n) is 6.00. The van der Waals surface area contributed by atoms with Crippen LogP contribution in [0, 0.1) is 11.3 Å². The van der Waals surface area contributed by atoms with Crippen LogP contribution >= 0.6 is 0 Å². The summed E-state index contributed by atoms with van der Waals surface area (Å²) in [7, 11) is 0. The van der Waals surface area contributed by atoms with Crippen LogP contribution in [0.1, 0.15) is 22.5 Å². The van der Waals surface area contributed by atoms with Crippen LogP contribution in [0.2, 0.25) is 0 Å². The molecule has 0 unspecified atom stereocenters. The number of aromatic nitrogens is 2. The Bertz CT molecular complexity index is 1060. The molecule has 0 saturated heterocycles. The Kier molecular flexibility index (Phi) is 5.24. The number of nitrogens with one attached hydrogen (secondary N) is 1. The Morgan fingerprint density at radius 1 is 0.931 bits per heavy atom. The lowest BCUT2D eigenvalue weighted by atomic mass is 10.1. The Labute approximate surface area is 161 Å². The SMILES string of the molecule is N#Cc1cccc(NCc2ccccc2-n2nc(C(F)(F)F)cc2C(F)(F)F)c1. The first-order chi connectivity index (χ1) is 13.6. The summed E-state index contributed by atoms with van der Waals surface area (Å²) in [5, 5.41) is 15.0. The quantitative estimate of drug-likeness (QED) is 0.587. The molecule has 29 heavy (non-hydrogen) atoms. The first-order valence-corrected chi connectivity index (χ1v) is 8.16. The van der Waals surface area contributed by atoms with Crippen molar-refractivity contribution in [1.29, 1.82) is 5.26 Å². The van der Waals surface area contributed by atoms with Gasteiger partial charge in [-0.05, 0) is 29.8 Å². The van der Waals surface area contributed by atoms with E-state index in [9.17, 15) is 26.3 Å². The molecule has 4 nitrogen and oxygen atoms in total. The minimum Gasteiger partial charge on any atom is -0.381 e. The maximum atomic E-state index is 13.3. The topological polar surface area (TPSA) is 53.6 Å². The first kappa shape index (κ1) is 20.3. The first-order valence-electron chi connectivity index (χ1n) is 8.16. The summed E-state index contributed by atoms with van der Waals surface area (Å²) in [5.74, 6) is 0. The van der Waals surface area contributed by atoms with Crippen LogP contribution in [0.15, 0.2) is 54.6 Å². The van der Waals surface area contributed by atoms with Crippen molar-refractivity contribution in [2.45, 2.75) is 18.9 Å². The van der Waals surface area contributed by atoms with Crippen molar-refractivity contribution in [1.82, 2.24) is 9.78 Å². The van der Waals surface area contributed by atoms with Crippen LogP contribution in [-0.4, -0.2) is 9.78 Å². The van der Waals surface area contributed by atoms with Gasteiger partial charge in [0.05, 0.1) is 17.3 Å². The molecule has 0 saturated carbocycles. The fraction of sp³-hybridized carbons (Fsp3) is 0.158. The van der Waals surface area contributed by atoms with Gasteiger partial charge in [0.1, 0.15) is 5.69 Å². The highest BCUT2D eigenvalue weighted by Crippen LogP contribution is 2.37. The molecule has 0 aliphatic carbocycles. The number of para-hydroxylation sites is 1. The predicted molar refractivity (Wildman–Crippen MR) is 92.1 cm³/mol. The summed E-state index contributed by atoms with van der Waals surface area (Å²) in [6.45, 7) is 0.00354. The zero-order valence-electron chi connectivity index (χ0n) is 14.5. The van der Waals surface area contributed by atoms with Crippen LogP contribution in [0.3, 0.4) is 0 Å². The third kappa shape index (κ3) is 4.51. The van der Waals surface area contributed by atoms with E-state index in [-0.39, 0.29) is 28.5 Å². The highest BCUT2D eigenvalue weighted by Gasteiger charge is 2.42. The Morgan fingerprint density at radius 3 is 2.31 bits per heavy atom. The Balaban J connectivity index is 2.00. The molecule has 0 amide bonds. The number of halogens is 6. The number of nitriles is 1. The standard InChI is InChI=1S/C19H12F6N4/c20-18(21,22)16-9-17(19(23,24)25)29(28-16)15-7-2-1-5-13(15)11-27-14-6-3-4-12(8-14)10-26/h1-9,27H,11H2. The van der Waals surface area contributed by atoms with E-state index >= 15 is 0 Å². The molecule has 1 heterocycles. The molecule has 3 rings (SSSR count). The molecule has 0 aliphatic rings. The van der Waals surface area contributed by atoms with Crippen molar-refractivity contribution in [3.8, 4) is 11.8 Å². The maximum Gasteiger partial charge on any atom is 0.435 e. The van der Waals surface area contributed by atoms with E-state index in [4.69, 9.17) is 5.26 Å². The molecule has 2 aromatic carbocycles. The van der Waals surface area contributed by atoms with Crippen LogP contribution < -0.4 is 5.32 Å². The molecular weight excluding hydrogens is 398 g/mol. The average Bonchev–Trinajstić information content (AvgIpc) is 3.13. The molecule has 10 heteroatoms. The van der Waals surface area contributed by atoms with Gasteiger partial charge in [0.15, 0.2) is 5.69 Å². The third-order valence-electron chi connectivity index (χ3n) is 3.98. The molecule has 0 spiro atoms. The minimum absolute atomic E-state index is 0.00354. The van der Waals surface area contributed by atoms with Crippen molar-refractivity contribution in [2.24, 2.45) is 0 Å². The molecule has 0 radical (unpaired) electrons. The van der Waals surface area contributed by atoms with Crippen molar-refractivity contribution in [3.05, 3.63) is 77.1 Å². The smallest absolute Gasteiger partial charge is 0.381 e. The summed E-state index contributed by atoms with van der Waals surface area (Å²) >= 11 is 0. The van der Waals surface area contributed by atoms with Gasteiger partial charge in [0.2, 0.25) is 0 Å². The number of hydrogen-bond acceptors (Lipinski definition) is 3. The van der Waals surface area contributed by atoms with Gasteiger partial charge in [-0.25, -0.2) is 4.68 Å². The molecule has 1 N–H and O–H groups in total. The maximum absolute atomic E-state index is 13.3. The molecule has 3 aromatic rings. The zero-order valence-corrected chi connectivity index (χ0v) is 14.5. The fourth-order valence-corrected chi connectivity index (χ4v) is 2.67. The van der Waals surface area contributed by atoms with Crippen molar-refractivity contribution in [3.63, 3.8) is 0 Å². The van der Waals surface area contributed by atoms with Gasteiger partial charge in [0, 0.05) is 18.3 Å². The third-order valence-corrected chi connectivity index (χ3v) is 3.98. The average molecular weight is 410 g/mol. The van der Waals surface area contributed by atoms with Crippen LogP contribution in [0.25, 0.3) is 5.69 Å². The van der Waals surface area contributed by atoms with Gasteiger partial charge in [-0.3, -0.25) is 0 Å². The lowest BCUT2D eigenvalue weighted by Gasteiger charge is -2.15. The van der Waals surface area contributed by atoms with Crippen molar-refractivity contribution in [2.75, 3.05) is 5.32 Å². The van der Waals surface area contributed by atoms with Gasteiger partial charge in [-0.2, -0.15) is 36.7 Å². The van der Waals surface area contributed by atoms with Gasteiger partial charge in [-0.1, -0.05) is 24.3 Å². The highest BCUT2D eigenvalue weighted by atomic mass is 19.4. The second-order valence-corrected chi connectivity index (χ2v) is 6.00. The van der Waals surface area contributed by atoms with E-state index < -0.39 is 23.7 Å². The van der Waals surface area contributed by atoms with Crippen LogP contribution in [-0.2, 0) is 18.9 Å². The van der Waals surface area contributed by atoms with E-state index in [1.165, 1.54) is 18.2 Å². The molecule has 1 aromatic heterocycles. The number of nitrogens with zero attached hydrogens (tertiary/aromatic N) is 3. The molecule has 0 atom stereocenters. The second kappa shape index (κ2) is 7.50. The van der Waals surface area contributed by atoms with Gasteiger partial charge < -0.3 is 5.32 Å². The van der Waals surface area contributed by atoms with E-state index in [0.717, 1.165) is 0 Å². The Morgan fingerprint density at radius 2 is 1.66 bits per heavy atom. The van der Waals surface area contributed by atoms with Gasteiger partial charge in [0.25, 0.3) is 0 Å². The predicted octanol–water partition coefficient (Wildman–Crippen LogP) is 5.39. The molecule has 150 valence electrons. The summed E-state index contributed by atoms with van der Waals surface area (Å²) in [6, 6.07) is 14.0. The normalized spacial score (nSPS) is 11.9. The van der Waals surface area contributed by atoms with Crippen molar-refractivity contribution < 1.29 is 26.3 Å². The van der Waals surface area contributed by atoms with E-state index in [1.54, 1.807) is 30.3 Å². The number of benzene rings is 2. The number of alkyl halides is 6. The lowest BCUT2D eigenvalue weighted by molar-refractivity contribution is -0.143. The summed E-state index contributed by atoms with van der Waals surface area (Å²) < 4.78 is 79.1. The fourth-order valence-electron chi connectivity index (χ4n) is 2.67. The summed E-state index contributed by atoms with van der Waals surface area (Å²) in [6.07, 6.45) is -10.0. The molecule has 0 aliphatic heterocycles. The monoisotopic (exact) mass is 410 g/mol. The lowest BCUT2D eigenvalue weighted by Crippen LogP contribution is -2.15. The number of rotatable bonds is 4. The zero-order chi connectivity index (χ0) is 21.2. The number of anilines is 1. The highest BCUT2D eigenvalue weighted by molar-refractivity contribution is 5.51. The number of hydrogen-bond donors (Lipinski definition) is 1. The summed E-state index contributed by atoms with van der Waals surface area (Å²) in [5.41, 5.74) is -2.09. The van der Waals surface area contributed by atoms with Crippen LogP contribution in [0.4, 0.5) is 32.0 Å². The van der Waals surface area contributed by atoms with Gasteiger partial charge >= 0.3 is 12.4 Å². The molecular formula is C19H12F6N4. The largest absolute Gasteiger partial charge is 0.435 e. The molecule has 0 bridgehead atoms. The van der Waals surface area contributed by atoms with Crippen molar-refractivity contribution >= 4 is 5.69 Å². The van der Waals surface area contributed by atoms with E-state index in [0.29, 0.717) is 11.3 Å². The van der Waals surface area contributed by atoms with Crippen LogP contribution in [0.5, 0.6) is 0 Å². The summed E-state index contributed by atoms with van der Waals surface area (Å²) in [4.78, 5) is 0. The Hall–Kier alpha value is -3.48. The molecule has 0 fully saturated rings. The van der Waals surface area contributed by atoms with E-state index in [1.807, 2.05) is 6.07 Å². The minimum atomic E-state index is -5.03. The van der Waals surface area contributed by atoms with Gasteiger partial charge in [-0.15, -0.1) is 0 Å².